The molecule has 3 nitrogen and oxygen atoms in total. The molecule has 0 N–H and O–H groups in total. The third kappa shape index (κ3) is 1.18. The van der Waals surface area contributed by atoms with Crippen LogP contribution in [0.25, 0.3) is 0 Å². The smallest absolute Gasteiger partial charge is 0.233 e. The van der Waals surface area contributed by atoms with Crippen LogP contribution in [0.3, 0.4) is 0 Å². The van der Waals surface area contributed by atoms with Gasteiger partial charge in [0, 0.05) is 0 Å². The molecule has 0 unspecified atom stereocenters. The molecule has 1 aromatic rings. The Balaban J connectivity index is 2.36. The molecule has 0 atom stereocenters. The third-order valence-corrected chi connectivity index (χ3v) is 3.12. The van der Waals surface area contributed by atoms with Gasteiger partial charge in [-0.05, 0) is 25.2 Å². The maximum Gasteiger partial charge on any atom is 0.233 e. The number of aryl methyl sites for hydroxylation is 1. The molecule has 0 amide bonds. The summed E-state index contributed by atoms with van der Waals surface area (Å²) in [5, 5.41) is 3.85. The quantitative estimate of drug-likeness (QED) is 0.666. The summed E-state index contributed by atoms with van der Waals surface area (Å²) in [5.74, 6) is 1.57. The first-order valence-corrected chi connectivity index (χ1v) is 4.76. The topological polar surface area (TPSA) is 38.9 Å². The lowest BCUT2D eigenvalue weighted by molar-refractivity contribution is 0.228. The lowest BCUT2D eigenvalue weighted by Crippen LogP contribution is -2.26. The molecule has 1 fully saturated rings. The van der Waals surface area contributed by atoms with Crippen molar-refractivity contribution < 1.29 is 4.52 Å². The Morgan fingerprint density at radius 3 is 2.23 bits per heavy atom. The van der Waals surface area contributed by atoms with Crippen LogP contribution in [0.2, 0.25) is 0 Å². The van der Waals surface area contributed by atoms with Gasteiger partial charge in [-0.2, -0.15) is 4.98 Å². The Bertz CT molecular complexity index is 318. The van der Waals surface area contributed by atoms with Gasteiger partial charge >= 0.3 is 0 Å². The van der Waals surface area contributed by atoms with Crippen molar-refractivity contribution in [3.63, 3.8) is 0 Å². The molecule has 1 heterocycles. The Hall–Kier alpha value is -0.860. The highest BCUT2D eigenvalue weighted by atomic mass is 16.5. The van der Waals surface area contributed by atoms with E-state index in [9.17, 15) is 0 Å². The maximum absolute atomic E-state index is 5.26. The number of rotatable bonds is 1. The zero-order valence-electron chi connectivity index (χ0n) is 8.72. The number of hydrogen-bond donors (Lipinski definition) is 0. The SMILES string of the molecule is Cc1noc(C2(C(C)(C)C)CC2)n1. The molecule has 3 heteroatoms. The van der Waals surface area contributed by atoms with Gasteiger partial charge in [-0.15, -0.1) is 0 Å². The van der Waals surface area contributed by atoms with Crippen LogP contribution >= 0.6 is 0 Å². The van der Waals surface area contributed by atoms with Crippen molar-refractivity contribution in [1.82, 2.24) is 10.1 Å². The van der Waals surface area contributed by atoms with E-state index in [1.54, 1.807) is 0 Å². The summed E-state index contributed by atoms with van der Waals surface area (Å²) >= 11 is 0. The van der Waals surface area contributed by atoms with Crippen molar-refractivity contribution in [1.29, 1.82) is 0 Å². The van der Waals surface area contributed by atoms with Crippen molar-refractivity contribution in [2.24, 2.45) is 5.41 Å². The van der Waals surface area contributed by atoms with Crippen LogP contribution in [-0.4, -0.2) is 10.1 Å². The summed E-state index contributed by atoms with van der Waals surface area (Å²) in [5.41, 5.74) is 0.389. The van der Waals surface area contributed by atoms with E-state index in [1.165, 1.54) is 12.8 Å². The number of hydrogen-bond acceptors (Lipinski definition) is 3. The van der Waals surface area contributed by atoms with Gasteiger partial charge in [-0.25, -0.2) is 0 Å². The fraction of sp³-hybridized carbons (Fsp3) is 0.800. The van der Waals surface area contributed by atoms with E-state index in [2.05, 4.69) is 30.9 Å². The third-order valence-electron chi connectivity index (χ3n) is 3.12. The predicted octanol–water partition coefficient (Wildman–Crippen LogP) is 2.46. The van der Waals surface area contributed by atoms with Gasteiger partial charge in [-0.3, -0.25) is 0 Å². The molecule has 0 spiro atoms. The monoisotopic (exact) mass is 180 g/mol. The second-order valence-corrected chi connectivity index (χ2v) is 4.98. The first-order chi connectivity index (χ1) is 5.96. The van der Waals surface area contributed by atoms with Crippen molar-refractivity contribution >= 4 is 0 Å². The maximum atomic E-state index is 5.26. The van der Waals surface area contributed by atoms with Gasteiger partial charge in [0.05, 0.1) is 5.41 Å². The molecule has 2 rings (SSSR count). The Kier molecular flexibility index (Phi) is 1.57. The van der Waals surface area contributed by atoms with E-state index in [4.69, 9.17) is 4.52 Å². The fourth-order valence-corrected chi connectivity index (χ4v) is 1.90. The highest BCUT2D eigenvalue weighted by molar-refractivity contribution is 5.20. The van der Waals surface area contributed by atoms with Crippen molar-refractivity contribution in [3.05, 3.63) is 11.7 Å². The van der Waals surface area contributed by atoms with Crippen LogP contribution in [0.15, 0.2) is 4.52 Å². The van der Waals surface area contributed by atoms with Crippen LogP contribution in [0.1, 0.15) is 45.3 Å². The molecule has 1 saturated carbocycles. The molecule has 0 aliphatic heterocycles. The molecule has 72 valence electrons. The number of nitrogens with zero attached hydrogens (tertiary/aromatic N) is 2. The van der Waals surface area contributed by atoms with Crippen LogP contribution in [-0.2, 0) is 5.41 Å². The normalized spacial score (nSPS) is 20.3. The van der Waals surface area contributed by atoms with Gasteiger partial charge in [0.25, 0.3) is 0 Å². The standard InChI is InChI=1S/C10H16N2O/c1-7-11-8(13-12-7)10(5-6-10)9(2,3)4/h5-6H2,1-4H3. The zero-order valence-corrected chi connectivity index (χ0v) is 8.72. The summed E-state index contributed by atoms with van der Waals surface area (Å²) in [4.78, 5) is 4.33. The summed E-state index contributed by atoms with van der Waals surface area (Å²) in [6.45, 7) is 8.57. The minimum atomic E-state index is 0.161. The second-order valence-electron chi connectivity index (χ2n) is 4.98. The van der Waals surface area contributed by atoms with Crippen molar-refractivity contribution in [2.45, 2.75) is 46.0 Å². The molecule has 0 bridgehead atoms. The Morgan fingerprint density at radius 2 is 1.92 bits per heavy atom. The van der Waals surface area contributed by atoms with Crippen LogP contribution in [0, 0.1) is 12.3 Å². The van der Waals surface area contributed by atoms with E-state index in [-0.39, 0.29) is 10.8 Å². The zero-order chi connectivity index (χ0) is 9.69. The van der Waals surface area contributed by atoms with Gasteiger partial charge < -0.3 is 4.52 Å². The summed E-state index contributed by atoms with van der Waals surface area (Å²) < 4.78 is 5.26. The predicted molar refractivity (Wildman–Crippen MR) is 49.4 cm³/mol. The van der Waals surface area contributed by atoms with Crippen molar-refractivity contribution in [3.8, 4) is 0 Å². The fourth-order valence-electron chi connectivity index (χ4n) is 1.90. The van der Waals surface area contributed by atoms with Crippen LogP contribution in [0.5, 0.6) is 0 Å². The van der Waals surface area contributed by atoms with Gasteiger partial charge in [-0.1, -0.05) is 25.9 Å². The lowest BCUT2D eigenvalue weighted by Gasteiger charge is -2.27. The molecule has 1 aliphatic rings. The van der Waals surface area contributed by atoms with Gasteiger partial charge in [0.15, 0.2) is 5.82 Å². The first kappa shape index (κ1) is 8.73. The van der Waals surface area contributed by atoms with E-state index in [1.807, 2.05) is 6.92 Å². The molecular formula is C10H16N2O. The van der Waals surface area contributed by atoms with E-state index in [0.29, 0.717) is 0 Å². The minimum absolute atomic E-state index is 0.161. The average molecular weight is 180 g/mol. The number of aromatic nitrogens is 2. The van der Waals surface area contributed by atoms with Gasteiger partial charge in [0.1, 0.15) is 0 Å². The molecule has 1 aliphatic carbocycles. The largest absolute Gasteiger partial charge is 0.339 e. The first-order valence-electron chi connectivity index (χ1n) is 4.76. The summed E-state index contributed by atoms with van der Waals surface area (Å²) in [6.07, 6.45) is 2.36. The van der Waals surface area contributed by atoms with Crippen molar-refractivity contribution in [2.75, 3.05) is 0 Å². The molecule has 1 aromatic heterocycles. The van der Waals surface area contributed by atoms with Gasteiger partial charge in [0.2, 0.25) is 5.89 Å². The van der Waals surface area contributed by atoms with E-state index in [0.717, 1.165) is 11.7 Å². The molecule has 0 radical (unpaired) electrons. The highest BCUT2D eigenvalue weighted by Gasteiger charge is 2.57. The lowest BCUT2D eigenvalue weighted by atomic mass is 9.77. The molecule has 0 saturated heterocycles. The second kappa shape index (κ2) is 2.34. The van der Waals surface area contributed by atoms with E-state index < -0.39 is 0 Å². The van der Waals surface area contributed by atoms with Crippen LogP contribution < -0.4 is 0 Å². The Labute approximate surface area is 78.5 Å². The molecular weight excluding hydrogens is 164 g/mol. The minimum Gasteiger partial charge on any atom is -0.339 e. The summed E-state index contributed by atoms with van der Waals surface area (Å²) in [6, 6.07) is 0. The average Bonchev–Trinajstić information content (AvgIpc) is 2.70. The Morgan fingerprint density at radius 1 is 1.31 bits per heavy atom. The van der Waals surface area contributed by atoms with E-state index >= 15 is 0 Å². The van der Waals surface area contributed by atoms with Crippen LogP contribution in [0.4, 0.5) is 0 Å². The summed E-state index contributed by atoms with van der Waals surface area (Å²) in [7, 11) is 0. The highest BCUT2D eigenvalue weighted by Crippen LogP contribution is 2.58. The molecule has 0 aromatic carbocycles. The molecule has 13 heavy (non-hydrogen) atoms.